The molecule has 144 valence electrons. The van der Waals surface area contributed by atoms with Crippen molar-refractivity contribution in [3.05, 3.63) is 76.8 Å². The van der Waals surface area contributed by atoms with E-state index in [9.17, 15) is 9.59 Å². The molecule has 2 heterocycles. The van der Waals surface area contributed by atoms with E-state index in [2.05, 4.69) is 11.6 Å². The summed E-state index contributed by atoms with van der Waals surface area (Å²) < 4.78 is 10.7. The van der Waals surface area contributed by atoms with Crippen LogP contribution in [0.4, 0.5) is 0 Å². The first-order valence-corrected chi connectivity index (χ1v) is 9.57. The molecular weight excluding hydrogens is 376 g/mol. The standard InChI is InChI=1S/C21H20N2O4S/c1-3-11-23(13-17-10-7-12-28-17)18(24)14-26-21(25)19-15(2)27-20(22-19)16-8-5-4-6-9-16/h3-10,12H,1,11,13-14H2,2H3. The number of hydrogen-bond acceptors (Lipinski definition) is 6. The van der Waals surface area contributed by atoms with Gasteiger partial charge in [-0.05, 0) is 30.5 Å². The summed E-state index contributed by atoms with van der Waals surface area (Å²) in [6, 6.07) is 13.1. The number of benzene rings is 1. The summed E-state index contributed by atoms with van der Waals surface area (Å²) in [6.45, 7) is 5.76. The molecule has 0 aliphatic rings. The fourth-order valence-corrected chi connectivity index (χ4v) is 3.30. The number of carbonyl (C=O) groups excluding carboxylic acids is 2. The summed E-state index contributed by atoms with van der Waals surface area (Å²) >= 11 is 1.56. The zero-order valence-corrected chi connectivity index (χ0v) is 16.3. The number of ether oxygens (including phenoxy) is 1. The normalized spacial score (nSPS) is 10.5. The summed E-state index contributed by atoms with van der Waals surface area (Å²) in [5.74, 6) is -0.308. The summed E-state index contributed by atoms with van der Waals surface area (Å²) in [6.07, 6.45) is 1.64. The smallest absolute Gasteiger partial charge is 0.361 e. The Morgan fingerprint density at radius 2 is 2.04 bits per heavy atom. The molecule has 6 nitrogen and oxygen atoms in total. The van der Waals surface area contributed by atoms with Gasteiger partial charge in [-0.25, -0.2) is 9.78 Å². The van der Waals surface area contributed by atoms with Gasteiger partial charge in [0.15, 0.2) is 12.3 Å². The molecule has 0 fully saturated rings. The number of hydrogen-bond donors (Lipinski definition) is 0. The van der Waals surface area contributed by atoms with Crippen LogP contribution in [-0.2, 0) is 16.1 Å². The molecule has 0 aliphatic heterocycles. The maximum absolute atomic E-state index is 12.5. The van der Waals surface area contributed by atoms with Crippen molar-refractivity contribution in [1.29, 1.82) is 0 Å². The minimum atomic E-state index is -0.688. The van der Waals surface area contributed by atoms with Gasteiger partial charge in [-0.15, -0.1) is 17.9 Å². The van der Waals surface area contributed by atoms with Crippen LogP contribution in [0, 0.1) is 6.92 Å². The van der Waals surface area contributed by atoms with Crippen molar-refractivity contribution in [3.8, 4) is 11.5 Å². The topological polar surface area (TPSA) is 72.6 Å². The van der Waals surface area contributed by atoms with Crippen molar-refractivity contribution < 1.29 is 18.7 Å². The van der Waals surface area contributed by atoms with E-state index in [4.69, 9.17) is 9.15 Å². The van der Waals surface area contributed by atoms with Crippen LogP contribution >= 0.6 is 11.3 Å². The molecule has 0 unspecified atom stereocenters. The Labute approximate surface area is 167 Å². The van der Waals surface area contributed by atoms with Gasteiger partial charge in [-0.1, -0.05) is 30.3 Å². The Balaban J connectivity index is 1.63. The summed E-state index contributed by atoms with van der Waals surface area (Å²) in [4.78, 5) is 31.7. The summed E-state index contributed by atoms with van der Waals surface area (Å²) in [5, 5.41) is 1.95. The van der Waals surface area contributed by atoms with Crippen molar-refractivity contribution in [2.45, 2.75) is 13.5 Å². The highest BCUT2D eigenvalue weighted by atomic mass is 32.1. The molecule has 1 aromatic carbocycles. The van der Waals surface area contributed by atoms with Crippen molar-refractivity contribution in [2.24, 2.45) is 0 Å². The zero-order valence-electron chi connectivity index (χ0n) is 15.5. The van der Waals surface area contributed by atoms with Crippen molar-refractivity contribution >= 4 is 23.2 Å². The van der Waals surface area contributed by atoms with Crippen molar-refractivity contribution in [2.75, 3.05) is 13.2 Å². The maximum atomic E-state index is 12.5. The zero-order chi connectivity index (χ0) is 19.9. The Morgan fingerprint density at radius 1 is 1.25 bits per heavy atom. The van der Waals surface area contributed by atoms with Gasteiger partial charge in [-0.2, -0.15) is 0 Å². The second-order valence-corrected chi connectivity index (χ2v) is 7.04. The molecule has 0 aliphatic carbocycles. The number of carbonyl (C=O) groups is 2. The molecule has 0 N–H and O–H groups in total. The lowest BCUT2D eigenvalue weighted by atomic mass is 10.2. The number of rotatable bonds is 8. The van der Waals surface area contributed by atoms with Crippen molar-refractivity contribution in [1.82, 2.24) is 9.88 Å². The van der Waals surface area contributed by atoms with E-state index in [1.165, 1.54) is 0 Å². The number of esters is 1. The minimum Gasteiger partial charge on any atom is -0.451 e. The van der Waals surface area contributed by atoms with Gasteiger partial charge in [-0.3, -0.25) is 4.79 Å². The highest BCUT2D eigenvalue weighted by molar-refractivity contribution is 7.09. The number of amides is 1. The third-order valence-electron chi connectivity index (χ3n) is 3.97. The highest BCUT2D eigenvalue weighted by Gasteiger charge is 2.22. The van der Waals surface area contributed by atoms with Crippen LogP contribution in [0.25, 0.3) is 11.5 Å². The van der Waals surface area contributed by atoms with Gasteiger partial charge < -0.3 is 14.1 Å². The third-order valence-corrected chi connectivity index (χ3v) is 4.83. The third kappa shape index (κ3) is 4.75. The Kier molecular flexibility index (Phi) is 6.39. The molecule has 0 radical (unpaired) electrons. The van der Waals surface area contributed by atoms with Gasteiger partial charge in [0, 0.05) is 17.0 Å². The van der Waals surface area contributed by atoms with Crippen LogP contribution in [-0.4, -0.2) is 34.9 Å². The fourth-order valence-electron chi connectivity index (χ4n) is 2.58. The van der Waals surface area contributed by atoms with Gasteiger partial charge in [0.25, 0.3) is 5.91 Å². The molecule has 7 heteroatoms. The van der Waals surface area contributed by atoms with Crippen molar-refractivity contribution in [3.63, 3.8) is 0 Å². The lowest BCUT2D eigenvalue weighted by Crippen LogP contribution is -2.34. The van der Waals surface area contributed by atoms with E-state index in [0.717, 1.165) is 10.4 Å². The highest BCUT2D eigenvalue weighted by Crippen LogP contribution is 2.22. The van der Waals surface area contributed by atoms with Gasteiger partial charge in [0.2, 0.25) is 5.89 Å². The Hall–Kier alpha value is -3.19. The van der Waals surface area contributed by atoms with E-state index >= 15 is 0 Å². The number of oxazole rings is 1. The molecule has 3 rings (SSSR count). The number of thiophene rings is 1. The van der Waals surface area contributed by atoms with Gasteiger partial charge in [0.05, 0.1) is 6.54 Å². The minimum absolute atomic E-state index is 0.0696. The average Bonchev–Trinajstić information content (AvgIpc) is 3.36. The van der Waals surface area contributed by atoms with Crippen LogP contribution in [0.1, 0.15) is 21.1 Å². The lowest BCUT2D eigenvalue weighted by Gasteiger charge is -2.20. The van der Waals surface area contributed by atoms with Crippen LogP contribution in [0.3, 0.4) is 0 Å². The molecule has 0 bridgehead atoms. The fraction of sp³-hybridized carbons (Fsp3) is 0.190. The largest absolute Gasteiger partial charge is 0.451 e. The maximum Gasteiger partial charge on any atom is 0.361 e. The molecule has 1 amide bonds. The van der Waals surface area contributed by atoms with E-state index < -0.39 is 5.97 Å². The second-order valence-electron chi connectivity index (χ2n) is 6.01. The monoisotopic (exact) mass is 396 g/mol. The first-order valence-electron chi connectivity index (χ1n) is 8.69. The van der Waals surface area contributed by atoms with E-state index in [1.54, 1.807) is 29.2 Å². The molecule has 0 saturated carbocycles. The van der Waals surface area contributed by atoms with Crippen LogP contribution in [0.5, 0.6) is 0 Å². The van der Waals surface area contributed by atoms with Crippen LogP contribution in [0.15, 0.2) is 64.9 Å². The van der Waals surface area contributed by atoms with E-state index in [0.29, 0.717) is 24.7 Å². The molecule has 0 atom stereocenters. The van der Waals surface area contributed by atoms with Crippen LogP contribution in [0.2, 0.25) is 0 Å². The van der Waals surface area contributed by atoms with Gasteiger partial charge in [0.1, 0.15) is 5.76 Å². The number of aromatic nitrogens is 1. The van der Waals surface area contributed by atoms with Crippen LogP contribution < -0.4 is 0 Å². The summed E-state index contributed by atoms with van der Waals surface area (Å²) in [5.41, 5.74) is 0.828. The lowest BCUT2D eigenvalue weighted by molar-refractivity contribution is -0.134. The SMILES string of the molecule is C=CCN(Cc1cccs1)C(=O)COC(=O)c1nc(-c2ccccc2)oc1C. The molecule has 3 aromatic rings. The molecule has 2 aromatic heterocycles. The van der Waals surface area contributed by atoms with Gasteiger partial charge >= 0.3 is 5.97 Å². The predicted molar refractivity (Wildman–Crippen MR) is 107 cm³/mol. The second kappa shape index (κ2) is 9.14. The van der Waals surface area contributed by atoms with E-state index in [1.807, 2.05) is 47.8 Å². The Morgan fingerprint density at radius 3 is 2.71 bits per heavy atom. The number of aryl methyl sites for hydroxylation is 1. The molecule has 28 heavy (non-hydrogen) atoms. The molecular formula is C21H20N2O4S. The molecule has 0 saturated heterocycles. The predicted octanol–water partition coefficient (Wildman–Crippen LogP) is 4.08. The quantitative estimate of drug-likeness (QED) is 0.424. The average molecular weight is 396 g/mol. The molecule has 0 spiro atoms. The first kappa shape index (κ1) is 19.6. The first-order chi connectivity index (χ1) is 13.6. The van der Waals surface area contributed by atoms with E-state index in [-0.39, 0.29) is 18.2 Å². The number of nitrogens with zero attached hydrogens (tertiary/aromatic N) is 2. The Bertz CT molecular complexity index is 948. The summed E-state index contributed by atoms with van der Waals surface area (Å²) in [7, 11) is 0.